The number of carbonyl (C=O) groups is 2. The van der Waals surface area contributed by atoms with E-state index in [9.17, 15) is 9.59 Å². The summed E-state index contributed by atoms with van der Waals surface area (Å²) in [5.74, 6) is -4.30. The van der Waals surface area contributed by atoms with Crippen molar-refractivity contribution in [2.24, 2.45) is 0 Å². The molecule has 6 N–H and O–H groups in total. The molecule has 0 aliphatic rings. The molecule has 0 unspecified atom stereocenters. The maximum absolute atomic E-state index is 10.4. The second kappa shape index (κ2) is 5.94. The van der Waals surface area contributed by atoms with Crippen LogP contribution in [0.1, 0.15) is 20.7 Å². The topological polar surface area (TPSA) is 147 Å². The van der Waals surface area contributed by atoms with Crippen LogP contribution < -0.4 is 0 Å². The summed E-state index contributed by atoms with van der Waals surface area (Å²) < 4.78 is 0. The summed E-state index contributed by atoms with van der Waals surface area (Å²) in [6.07, 6.45) is 0. The summed E-state index contributed by atoms with van der Waals surface area (Å²) in [5.41, 5.74) is -1.10. The van der Waals surface area contributed by atoms with Gasteiger partial charge in [0.05, 0.1) is 0 Å². The molecular formula is C8H8NiO7. The number of carboxylic acid groups (broad SMARTS) is 2. The van der Waals surface area contributed by atoms with Gasteiger partial charge in [-0.3, -0.25) is 0 Å². The number of phenols is 2. The van der Waals surface area contributed by atoms with E-state index in [2.05, 4.69) is 0 Å². The number of benzene rings is 1. The molecule has 8 heteroatoms. The van der Waals surface area contributed by atoms with Crippen LogP contribution in [0.5, 0.6) is 11.5 Å². The van der Waals surface area contributed by atoms with Crippen molar-refractivity contribution in [1.29, 1.82) is 0 Å². The Labute approximate surface area is 99.2 Å². The van der Waals surface area contributed by atoms with Crippen molar-refractivity contribution < 1.29 is 52.0 Å². The van der Waals surface area contributed by atoms with Crippen LogP contribution in [0.2, 0.25) is 0 Å². The van der Waals surface area contributed by atoms with Gasteiger partial charge in [-0.05, 0) is 12.1 Å². The molecule has 0 aliphatic heterocycles. The van der Waals surface area contributed by atoms with Gasteiger partial charge in [0, 0.05) is 16.5 Å². The fraction of sp³-hybridized carbons (Fsp3) is 0. The van der Waals surface area contributed by atoms with Gasteiger partial charge in [-0.25, -0.2) is 9.59 Å². The SMILES string of the molecule is O.O=C(O)c1cc(O)c(C(=O)O)cc1O.[Ni]. The van der Waals surface area contributed by atoms with Crippen molar-refractivity contribution in [3.05, 3.63) is 23.3 Å². The molecule has 0 aliphatic carbocycles. The van der Waals surface area contributed by atoms with Crippen LogP contribution in [0.3, 0.4) is 0 Å². The van der Waals surface area contributed by atoms with E-state index in [-0.39, 0.29) is 22.0 Å². The molecule has 1 rings (SSSR count). The summed E-state index contributed by atoms with van der Waals surface area (Å²) in [7, 11) is 0. The molecule has 0 fully saturated rings. The molecular weight excluding hydrogens is 267 g/mol. The van der Waals surface area contributed by atoms with Gasteiger partial charge in [0.25, 0.3) is 0 Å². The van der Waals surface area contributed by atoms with Gasteiger partial charge in [0.2, 0.25) is 0 Å². The first kappa shape index (κ1) is 16.6. The Bertz CT molecular complexity index is 375. The summed E-state index contributed by atoms with van der Waals surface area (Å²) in [6.45, 7) is 0. The van der Waals surface area contributed by atoms with E-state index in [1.807, 2.05) is 0 Å². The fourth-order valence-electron chi connectivity index (χ4n) is 0.919. The van der Waals surface area contributed by atoms with Gasteiger partial charge in [0.1, 0.15) is 22.6 Å². The first-order valence-electron chi connectivity index (χ1n) is 3.46. The second-order valence-electron chi connectivity index (χ2n) is 2.50. The molecule has 0 radical (unpaired) electrons. The van der Waals surface area contributed by atoms with E-state index < -0.39 is 34.6 Å². The van der Waals surface area contributed by atoms with E-state index in [0.29, 0.717) is 12.1 Å². The molecule has 7 nitrogen and oxygen atoms in total. The number of carboxylic acids is 2. The van der Waals surface area contributed by atoms with Crippen LogP contribution in [-0.2, 0) is 16.5 Å². The van der Waals surface area contributed by atoms with E-state index in [4.69, 9.17) is 20.4 Å². The maximum atomic E-state index is 10.4. The Kier molecular flexibility index (Phi) is 6.18. The van der Waals surface area contributed by atoms with Gasteiger partial charge in [-0.2, -0.15) is 0 Å². The Hall–Kier alpha value is -1.79. The molecule has 0 amide bonds. The van der Waals surface area contributed by atoms with Crippen molar-refractivity contribution in [2.75, 3.05) is 0 Å². The number of aromatic hydroxyl groups is 2. The largest absolute Gasteiger partial charge is 0.507 e. The van der Waals surface area contributed by atoms with Crippen molar-refractivity contribution in [1.82, 2.24) is 0 Å². The molecule has 16 heavy (non-hydrogen) atoms. The second-order valence-corrected chi connectivity index (χ2v) is 2.50. The van der Waals surface area contributed by atoms with E-state index in [1.54, 1.807) is 0 Å². The molecule has 0 saturated carbocycles. The predicted octanol–water partition coefficient (Wildman–Crippen LogP) is -0.333. The zero-order chi connectivity index (χ0) is 10.9. The quantitative estimate of drug-likeness (QED) is 0.429. The minimum atomic E-state index is -1.45. The van der Waals surface area contributed by atoms with Gasteiger partial charge in [-0.15, -0.1) is 0 Å². The van der Waals surface area contributed by atoms with E-state index >= 15 is 0 Å². The first-order chi connectivity index (χ1) is 6.43. The fourth-order valence-corrected chi connectivity index (χ4v) is 0.919. The third kappa shape index (κ3) is 3.11. The van der Waals surface area contributed by atoms with Crippen LogP contribution in [0.15, 0.2) is 12.1 Å². The Morgan fingerprint density at radius 3 is 1.31 bits per heavy atom. The molecule has 92 valence electrons. The molecule has 1 aromatic carbocycles. The summed E-state index contributed by atoms with van der Waals surface area (Å²) in [4.78, 5) is 20.9. The van der Waals surface area contributed by atoms with Crippen molar-refractivity contribution >= 4 is 11.9 Å². The maximum Gasteiger partial charge on any atom is 0.339 e. The van der Waals surface area contributed by atoms with Crippen molar-refractivity contribution in [3.63, 3.8) is 0 Å². The first-order valence-corrected chi connectivity index (χ1v) is 3.46. The van der Waals surface area contributed by atoms with Crippen molar-refractivity contribution in [2.45, 2.75) is 0 Å². The van der Waals surface area contributed by atoms with Gasteiger partial charge < -0.3 is 25.9 Å². The predicted molar refractivity (Wildman–Crippen MR) is 47.3 cm³/mol. The van der Waals surface area contributed by atoms with Gasteiger partial charge >= 0.3 is 11.9 Å². The van der Waals surface area contributed by atoms with Crippen LogP contribution in [0, 0.1) is 0 Å². The zero-order valence-corrected chi connectivity index (χ0v) is 8.56. The van der Waals surface area contributed by atoms with Gasteiger partial charge in [0.15, 0.2) is 0 Å². The van der Waals surface area contributed by atoms with Gasteiger partial charge in [-0.1, -0.05) is 0 Å². The monoisotopic (exact) mass is 274 g/mol. The average Bonchev–Trinajstić information content (AvgIpc) is 2.07. The Balaban J connectivity index is 0. The minimum absolute atomic E-state index is 0. The minimum Gasteiger partial charge on any atom is -0.507 e. The Morgan fingerprint density at radius 2 is 1.12 bits per heavy atom. The number of hydrogen-bond acceptors (Lipinski definition) is 4. The molecule has 0 aromatic heterocycles. The Morgan fingerprint density at radius 1 is 0.875 bits per heavy atom. The van der Waals surface area contributed by atoms with E-state index in [1.165, 1.54) is 0 Å². The third-order valence-electron chi connectivity index (χ3n) is 1.57. The number of hydrogen-bond donors (Lipinski definition) is 4. The summed E-state index contributed by atoms with van der Waals surface area (Å²) in [5, 5.41) is 35.2. The van der Waals surface area contributed by atoms with Crippen LogP contribution in [-0.4, -0.2) is 37.8 Å². The number of rotatable bonds is 2. The van der Waals surface area contributed by atoms with Crippen molar-refractivity contribution in [3.8, 4) is 11.5 Å². The van der Waals surface area contributed by atoms with Crippen LogP contribution in [0.4, 0.5) is 0 Å². The van der Waals surface area contributed by atoms with Crippen LogP contribution in [0.25, 0.3) is 0 Å². The molecule has 0 spiro atoms. The average molecular weight is 275 g/mol. The smallest absolute Gasteiger partial charge is 0.339 e. The number of aromatic carboxylic acids is 2. The molecule has 0 bridgehead atoms. The van der Waals surface area contributed by atoms with Crippen LogP contribution >= 0.6 is 0 Å². The zero-order valence-electron chi connectivity index (χ0n) is 7.58. The normalized spacial score (nSPS) is 8.50. The molecule has 1 aromatic rings. The molecule has 0 saturated heterocycles. The third-order valence-corrected chi connectivity index (χ3v) is 1.57. The molecule has 0 heterocycles. The standard InChI is InChI=1S/C8H6O6.Ni.H2O/c9-5-1-3(7(11)12)6(10)2-4(5)8(13)14;;/h1-2,9-10H,(H,11,12)(H,13,14);;1H2. The summed E-state index contributed by atoms with van der Waals surface area (Å²) in [6, 6.07) is 1.36. The summed E-state index contributed by atoms with van der Waals surface area (Å²) >= 11 is 0. The van der Waals surface area contributed by atoms with E-state index in [0.717, 1.165) is 0 Å². The molecule has 0 atom stereocenters.